The van der Waals surface area contributed by atoms with Crippen molar-refractivity contribution in [2.45, 2.75) is 19.3 Å². The highest BCUT2D eigenvalue weighted by Crippen LogP contribution is 2.31. The molecule has 2 heterocycles. The molecule has 1 fully saturated rings. The number of hydrogen-bond donors (Lipinski definition) is 2. The second-order valence-electron chi connectivity index (χ2n) is 4.01. The third kappa shape index (κ3) is 1.09. The third-order valence-corrected chi connectivity index (χ3v) is 3.14. The van der Waals surface area contributed by atoms with E-state index in [1.54, 1.807) is 0 Å². The predicted octanol–water partition coefficient (Wildman–Crippen LogP) is 1.91. The minimum Gasteiger partial charge on any atom is -0.388 e. The summed E-state index contributed by atoms with van der Waals surface area (Å²) in [6.07, 6.45) is 10.4. The van der Waals surface area contributed by atoms with Crippen LogP contribution in [0.5, 0.6) is 0 Å². The Hall–Kier alpha value is -1.18. The van der Waals surface area contributed by atoms with E-state index in [-0.39, 0.29) is 0 Å². The van der Waals surface area contributed by atoms with Crippen LogP contribution in [-0.4, -0.2) is 11.5 Å². The highest BCUT2D eigenvalue weighted by molar-refractivity contribution is 5.59. The minimum absolute atomic E-state index is 0.761. The fourth-order valence-corrected chi connectivity index (χ4v) is 2.41. The molecule has 1 saturated heterocycles. The maximum absolute atomic E-state index is 3.50. The van der Waals surface area contributed by atoms with Crippen LogP contribution >= 0.6 is 0 Å². The highest BCUT2D eigenvalue weighted by atomic mass is 14.9. The molecule has 3 rings (SSSR count). The molecule has 0 saturated carbocycles. The van der Waals surface area contributed by atoms with Crippen molar-refractivity contribution in [2.24, 2.45) is 5.92 Å². The van der Waals surface area contributed by atoms with E-state index in [9.17, 15) is 0 Å². The van der Waals surface area contributed by atoms with Crippen LogP contribution in [0.15, 0.2) is 18.1 Å². The van der Waals surface area contributed by atoms with Gasteiger partial charge in [0.15, 0.2) is 0 Å². The Kier molecular flexibility index (Phi) is 1.48. The van der Waals surface area contributed by atoms with Crippen molar-refractivity contribution in [3.8, 4) is 0 Å². The first kappa shape index (κ1) is 7.25. The maximum Gasteiger partial charge on any atom is 0.0148 e. The summed E-state index contributed by atoms with van der Waals surface area (Å²) < 4.78 is 0. The first-order chi connectivity index (χ1) is 6.43. The lowest BCUT2D eigenvalue weighted by Crippen LogP contribution is -2.30. The van der Waals surface area contributed by atoms with Crippen molar-refractivity contribution < 1.29 is 0 Å². The van der Waals surface area contributed by atoms with E-state index in [0.717, 1.165) is 12.5 Å². The minimum atomic E-state index is 0.761. The summed E-state index contributed by atoms with van der Waals surface area (Å²) in [6, 6.07) is 0. The first-order valence-corrected chi connectivity index (χ1v) is 5.04. The van der Waals surface area contributed by atoms with Crippen molar-refractivity contribution in [1.29, 1.82) is 0 Å². The number of piperidine rings is 1. The second kappa shape index (κ2) is 2.66. The van der Waals surface area contributed by atoms with Crippen LogP contribution in [0, 0.1) is 5.92 Å². The molecular weight excluding hydrogens is 160 g/mol. The molecule has 68 valence electrons. The molecule has 1 aromatic rings. The number of aromatic nitrogens is 1. The van der Waals surface area contributed by atoms with Crippen molar-refractivity contribution in [1.82, 2.24) is 10.3 Å². The average molecular weight is 174 g/mol. The molecule has 1 aliphatic heterocycles. The zero-order valence-corrected chi connectivity index (χ0v) is 7.64. The lowest BCUT2D eigenvalue weighted by Gasteiger charge is -2.29. The van der Waals surface area contributed by atoms with Crippen molar-refractivity contribution in [3.63, 3.8) is 0 Å². The Morgan fingerprint density at radius 1 is 1.31 bits per heavy atom. The molecule has 0 spiro atoms. The smallest absolute Gasteiger partial charge is 0.0148 e. The summed E-state index contributed by atoms with van der Waals surface area (Å²) in [6.45, 7) is 1.15. The van der Waals surface area contributed by atoms with Gasteiger partial charge in [0.2, 0.25) is 0 Å². The van der Waals surface area contributed by atoms with Crippen LogP contribution in [0.25, 0.3) is 6.08 Å². The Bertz CT molecular complexity index is 349. The monoisotopic (exact) mass is 174 g/mol. The molecule has 1 unspecified atom stereocenters. The zero-order chi connectivity index (χ0) is 8.67. The molecule has 2 nitrogen and oxygen atoms in total. The Morgan fingerprint density at radius 2 is 2.31 bits per heavy atom. The molecule has 0 radical (unpaired) electrons. The van der Waals surface area contributed by atoms with Gasteiger partial charge in [-0.15, -0.1) is 0 Å². The molecule has 0 bridgehead atoms. The molecule has 2 aliphatic rings. The van der Waals surface area contributed by atoms with Gasteiger partial charge in [-0.1, -0.05) is 0 Å². The number of hydrogen-bond acceptors (Lipinski definition) is 1. The van der Waals surface area contributed by atoms with Crippen LogP contribution in [-0.2, 0) is 6.42 Å². The fourth-order valence-electron chi connectivity index (χ4n) is 2.41. The summed E-state index contributed by atoms with van der Waals surface area (Å²) in [5.41, 5.74) is 4.32. The van der Waals surface area contributed by atoms with Gasteiger partial charge < -0.3 is 10.3 Å². The zero-order valence-electron chi connectivity index (χ0n) is 7.64. The molecule has 0 aromatic carbocycles. The molecule has 13 heavy (non-hydrogen) atoms. The Balaban J connectivity index is 2.02. The number of nitrogens with one attached hydrogen (secondary N) is 2. The van der Waals surface area contributed by atoms with Gasteiger partial charge in [-0.3, -0.25) is 0 Å². The number of H-pyrrole nitrogens is 1. The van der Waals surface area contributed by atoms with Crippen molar-refractivity contribution in [3.05, 3.63) is 29.2 Å². The van der Waals surface area contributed by atoms with Crippen LogP contribution in [0.2, 0.25) is 0 Å². The molecule has 2 heteroatoms. The van der Waals surface area contributed by atoms with E-state index in [1.807, 2.05) is 0 Å². The van der Waals surface area contributed by atoms with Gasteiger partial charge in [-0.25, -0.2) is 0 Å². The van der Waals surface area contributed by atoms with Crippen molar-refractivity contribution in [2.75, 3.05) is 6.54 Å². The largest absolute Gasteiger partial charge is 0.388 e. The average Bonchev–Trinajstić information content (AvgIpc) is 2.61. The van der Waals surface area contributed by atoms with Gasteiger partial charge in [0, 0.05) is 30.6 Å². The third-order valence-electron chi connectivity index (χ3n) is 3.14. The maximum atomic E-state index is 3.50. The van der Waals surface area contributed by atoms with E-state index in [2.05, 4.69) is 28.8 Å². The molecule has 2 N–H and O–H groups in total. The lowest BCUT2D eigenvalue weighted by atomic mass is 9.84. The number of fused-ring (bicyclic) bond motifs is 2. The van der Waals surface area contributed by atoms with Gasteiger partial charge in [-0.05, 0) is 36.5 Å². The van der Waals surface area contributed by atoms with Crippen molar-refractivity contribution >= 4 is 6.08 Å². The summed E-state index contributed by atoms with van der Waals surface area (Å²) in [7, 11) is 0. The van der Waals surface area contributed by atoms with Gasteiger partial charge >= 0.3 is 0 Å². The van der Waals surface area contributed by atoms with E-state index >= 15 is 0 Å². The molecule has 1 aromatic heterocycles. The first-order valence-electron chi connectivity index (χ1n) is 5.04. The van der Waals surface area contributed by atoms with Crippen LogP contribution in [0.3, 0.4) is 0 Å². The Morgan fingerprint density at radius 3 is 3.31 bits per heavy atom. The molecule has 1 atom stereocenters. The SMILES string of the molecule is C1=C2NCCCC2Cc2c[nH]cc21. The summed E-state index contributed by atoms with van der Waals surface area (Å²) in [5.74, 6) is 0.761. The van der Waals surface area contributed by atoms with Crippen LogP contribution in [0.4, 0.5) is 0 Å². The molecule has 1 aliphatic carbocycles. The van der Waals surface area contributed by atoms with Gasteiger partial charge in [0.25, 0.3) is 0 Å². The number of allylic oxidation sites excluding steroid dienone is 1. The quantitative estimate of drug-likeness (QED) is 0.618. The second-order valence-corrected chi connectivity index (χ2v) is 4.01. The topological polar surface area (TPSA) is 27.8 Å². The lowest BCUT2D eigenvalue weighted by molar-refractivity contribution is 0.441. The predicted molar refractivity (Wildman–Crippen MR) is 53.2 cm³/mol. The van der Waals surface area contributed by atoms with E-state index < -0.39 is 0 Å². The van der Waals surface area contributed by atoms with Gasteiger partial charge in [0.1, 0.15) is 0 Å². The summed E-state index contributed by atoms with van der Waals surface area (Å²) >= 11 is 0. The van der Waals surface area contributed by atoms with E-state index in [1.165, 1.54) is 36.1 Å². The van der Waals surface area contributed by atoms with Crippen LogP contribution < -0.4 is 5.32 Å². The van der Waals surface area contributed by atoms with Crippen LogP contribution in [0.1, 0.15) is 24.0 Å². The highest BCUT2D eigenvalue weighted by Gasteiger charge is 2.23. The van der Waals surface area contributed by atoms with Gasteiger partial charge in [0.05, 0.1) is 0 Å². The summed E-state index contributed by atoms with van der Waals surface area (Å²) in [5, 5.41) is 3.50. The standard InChI is InChI=1S/C11H14N2/c1-2-8-4-9-6-12-7-10(9)5-11(8)13-3-1/h5-8,12-13H,1-4H2. The fraction of sp³-hybridized carbons (Fsp3) is 0.455. The Labute approximate surface area is 78.0 Å². The number of rotatable bonds is 0. The molecule has 0 amide bonds. The molecular formula is C11H14N2. The van der Waals surface area contributed by atoms with E-state index in [0.29, 0.717) is 0 Å². The normalized spacial score (nSPS) is 25.5. The van der Waals surface area contributed by atoms with E-state index in [4.69, 9.17) is 0 Å². The van der Waals surface area contributed by atoms with Gasteiger partial charge in [-0.2, -0.15) is 0 Å². The summed E-state index contributed by atoms with van der Waals surface area (Å²) in [4.78, 5) is 3.18. The number of aromatic amines is 1.